The molecule has 27 heavy (non-hydrogen) atoms. The molecule has 1 N–H and O–H groups in total. The zero-order valence-corrected chi connectivity index (χ0v) is 16.9. The summed E-state index contributed by atoms with van der Waals surface area (Å²) in [6.45, 7) is 3.46. The van der Waals surface area contributed by atoms with Crippen molar-refractivity contribution in [1.29, 1.82) is 0 Å². The number of hydrogen-bond donors (Lipinski definition) is 1. The van der Waals surface area contributed by atoms with Gasteiger partial charge < -0.3 is 14.8 Å². The van der Waals surface area contributed by atoms with Gasteiger partial charge in [-0.15, -0.1) is 0 Å². The molecule has 7 nitrogen and oxygen atoms in total. The Labute approximate surface area is 160 Å². The van der Waals surface area contributed by atoms with Crippen LogP contribution in [0.15, 0.2) is 36.4 Å². The lowest BCUT2D eigenvalue weighted by Gasteiger charge is -2.23. The smallest absolute Gasteiger partial charge is 0.257 e. The molecule has 2 aromatic carbocycles. The summed E-state index contributed by atoms with van der Waals surface area (Å²) in [7, 11) is 0.729. The lowest BCUT2D eigenvalue weighted by atomic mass is 10.1. The summed E-state index contributed by atoms with van der Waals surface area (Å²) in [5.74, 6) is 0.113. The molecule has 2 rings (SSSR count). The first kappa shape index (κ1) is 20.6. The van der Waals surface area contributed by atoms with Gasteiger partial charge in [-0.3, -0.25) is 9.10 Å². The van der Waals surface area contributed by atoms with E-state index < -0.39 is 15.9 Å². The average molecular weight is 392 g/mol. The maximum absolute atomic E-state index is 12.9. The molecule has 0 saturated heterocycles. The Kier molecular flexibility index (Phi) is 6.32. The molecule has 146 valence electrons. The van der Waals surface area contributed by atoms with Crippen molar-refractivity contribution in [2.24, 2.45) is 0 Å². The van der Waals surface area contributed by atoms with Crippen molar-refractivity contribution in [2.45, 2.75) is 13.8 Å². The molecule has 0 aliphatic heterocycles. The van der Waals surface area contributed by atoms with Crippen LogP contribution in [0.1, 0.15) is 22.8 Å². The van der Waals surface area contributed by atoms with Gasteiger partial charge in [0.1, 0.15) is 0 Å². The Balaban J connectivity index is 2.56. The molecule has 0 bridgehead atoms. The topological polar surface area (TPSA) is 84.9 Å². The Morgan fingerprint density at radius 2 is 1.74 bits per heavy atom. The van der Waals surface area contributed by atoms with Gasteiger partial charge >= 0.3 is 0 Å². The minimum Gasteiger partial charge on any atom is -0.493 e. The summed E-state index contributed by atoms with van der Waals surface area (Å²) in [6, 6.07) is 10.3. The summed E-state index contributed by atoms with van der Waals surface area (Å²) in [5, 5.41) is 2.80. The quantitative estimate of drug-likeness (QED) is 0.783. The summed E-state index contributed by atoms with van der Waals surface area (Å²) >= 11 is 0. The number of rotatable bonds is 7. The fourth-order valence-corrected chi connectivity index (χ4v) is 3.41. The van der Waals surface area contributed by atoms with Crippen LogP contribution in [-0.4, -0.2) is 41.3 Å². The van der Waals surface area contributed by atoms with Crippen LogP contribution in [0.25, 0.3) is 0 Å². The molecule has 0 spiro atoms. The molecule has 0 radical (unpaired) electrons. The van der Waals surface area contributed by atoms with E-state index in [1.54, 1.807) is 13.0 Å². The van der Waals surface area contributed by atoms with Crippen molar-refractivity contribution >= 4 is 27.3 Å². The second-order valence-electron chi connectivity index (χ2n) is 5.92. The van der Waals surface area contributed by atoms with Crippen molar-refractivity contribution in [1.82, 2.24) is 0 Å². The molecule has 0 fully saturated rings. The predicted molar refractivity (Wildman–Crippen MR) is 107 cm³/mol. The molecule has 0 heterocycles. The van der Waals surface area contributed by atoms with E-state index in [0.717, 1.165) is 9.87 Å². The maximum atomic E-state index is 12.9. The molecular weight excluding hydrogens is 368 g/mol. The van der Waals surface area contributed by atoms with Gasteiger partial charge in [0.25, 0.3) is 5.91 Å². The van der Waals surface area contributed by atoms with E-state index in [1.165, 1.54) is 33.4 Å². The molecule has 2 aromatic rings. The largest absolute Gasteiger partial charge is 0.493 e. The minimum atomic E-state index is -3.57. The van der Waals surface area contributed by atoms with Gasteiger partial charge in [0.15, 0.2) is 11.5 Å². The van der Waals surface area contributed by atoms with Gasteiger partial charge in [0, 0.05) is 18.8 Å². The van der Waals surface area contributed by atoms with Crippen molar-refractivity contribution in [3.63, 3.8) is 0 Å². The number of amides is 1. The van der Waals surface area contributed by atoms with Crippen molar-refractivity contribution in [3.8, 4) is 11.5 Å². The molecule has 0 atom stereocenters. The van der Waals surface area contributed by atoms with Gasteiger partial charge in [-0.25, -0.2) is 8.42 Å². The maximum Gasteiger partial charge on any atom is 0.257 e. The number of anilines is 2. The van der Waals surface area contributed by atoms with E-state index in [-0.39, 0.29) is 17.0 Å². The predicted octanol–water partition coefficient (Wildman–Crippen LogP) is 3.05. The Morgan fingerprint density at radius 1 is 1.11 bits per heavy atom. The first-order valence-corrected chi connectivity index (χ1v) is 9.95. The zero-order valence-electron chi connectivity index (χ0n) is 16.1. The molecule has 8 heteroatoms. The summed E-state index contributed by atoms with van der Waals surface area (Å²) in [4.78, 5) is 12.9. The number of methoxy groups -OCH3 is 2. The third-order valence-corrected chi connectivity index (χ3v) is 5.90. The van der Waals surface area contributed by atoms with Crippen LogP contribution < -0.4 is 19.1 Å². The first-order chi connectivity index (χ1) is 12.7. The highest BCUT2D eigenvalue weighted by atomic mass is 32.2. The second-order valence-corrected chi connectivity index (χ2v) is 8.20. The molecule has 0 unspecified atom stereocenters. The Morgan fingerprint density at radius 3 is 2.30 bits per heavy atom. The highest BCUT2D eigenvalue weighted by molar-refractivity contribution is 7.92. The van der Waals surface area contributed by atoms with Crippen LogP contribution in [0.3, 0.4) is 0 Å². The number of sulfonamides is 1. The number of aryl methyl sites for hydroxylation is 1. The van der Waals surface area contributed by atoms with Crippen LogP contribution in [0.4, 0.5) is 11.4 Å². The summed E-state index contributed by atoms with van der Waals surface area (Å²) in [6.07, 6.45) is 0. The SMILES string of the molecule is CCS(=O)(=O)N(C)c1cc(OC)c(OC)cc1C(=O)Nc1cccc(C)c1. The molecule has 1 amide bonds. The standard InChI is InChI=1S/C19H24N2O5S/c1-6-27(23,24)21(3)16-12-18(26-5)17(25-4)11-15(16)19(22)20-14-9-7-8-13(2)10-14/h7-12H,6H2,1-5H3,(H,20,22). The van der Waals surface area contributed by atoms with E-state index in [9.17, 15) is 13.2 Å². The molecular formula is C19H24N2O5S. The second kappa shape index (κ2) is 8.30. The zero-order chi connectivity index (χ0) is 20.2. The van der Waals surface area contributed by atoms with Gasteiger partial charge in [0.05, 0.1) is 31.2 Å². The highest BCUT2D eigenvalue weighted by Gasteiger charge is 2.25. The fourth-order valence-electron chi connectivity index (χ4n) is 2.58. The van der Waals surface area contributed by atoms with Crippen LogP contribution in [0.5, 0.6) is 11.5 Å². The van der Waals surface area contributed by atoms with E-state index in [0.29, 0.717) is 17.2 Å². The average Bonchev–Trinajstić information content (AvgIpc) is 2.66. The van der Waals surface area contributed by atoms with Crippen LogP contribution in [-0.2, 0) is 10.0 Å². The highest BCUT2D eigenvalue weighted by Crippen LogP contribution is 2.36. The summed E-state index contributed by atoms with van der Waals surface area (Å²) in [5.41, 5.74) is 1.97. The third kappa shape index (κ3) is 4.51. The van der Waals surface area contributed by atoms with E-state index in [1.807, 2.05) is 25.1 Å². The molecule has 0 aliphatic carbocycles. The van der Waals surface area contributed by atoms with Gasteiger partial charge in [-0.2, -0.15) is 0 Å². The third-order valence-electron chi connectivity index (χ3n) is 4.14. The number of carbonyl (C=O) groups excluding carboxylic acids is 1. The number of nitrogens with zero attached hydrogens (tertiary/aromatic N) is 1. The molecule has 0 saturated carbocycles. The minimum absolute atomic E-state index is 0.100. The number of nitrogens with one attached hydrogen (secondary N) is 1. The van der Waals surface area contributed by atoms with E-state index in [4.69, 9.17) is 9.47 Å². The summed E-state index contributed by atoms with van der Waals surface area (Å²) < 4.78 is 36.3. The number of carbonyl (C=O) groups is 1. The van der Waals surface area contributed by atoms with Crippen LogP contribution in [0, 0.1) is 6.92 Å². The molecule has 0 aromatic heterocycles. The number of ether oxygens (including phenoxy) is 2. The van der Waals surface area contributed by atoms with Crippen LogP contribution >= 0.6 is 0 Å². The van der Waals surface area contributed by atoms with E-state index in [2.05, 4.69) is 5.32 Å². The van der Waals surface area contributed by atoms with Crippen molar-refractivity contribution < 1.29 is 22.7 Å². The lowest BCUT2D eigenvalue weighted by molar-refractivity contribution is 0.102. The molecule has 0 aliphatic rings. The van der Waals surface area contributed by atoms with Gasteiger partial charge in [-0.05, 0) is 37.6 Å². The number of hydrogen-bond acceptors (Lipinski definition) is 5. The first-order valence-electron chi connectivity index (χ1n) is 8.34. The Hall–Kier alpha value is -2.74. The number of benzene rings is 2. The van der Waals surface area contributed by atoms with E-state index >= 15 is 0 Å². The van der Waals surface area contributed by atoms with Crippen molar-refractivity contribution in [2.75, 3.05) is 36.6 Å². The Bertz CT molecular complexity index is 941. The van der Waals surface area contributed by atoms with Crippen molar-refractivity contribution in [3.05, 3.63) is 47.5 Å². The van der Waals surface area contributed by atoms with Crippen LogP contribution in [0.2, 0.25) is 0 Å². The monoisotopic (exact) mass is 392 g/mol. The van der Waals surface area contributed by atoms with Gasteiger partial charge in [-0.1, -0.05) is 12.1 Å². The lowest BCUT2D eigenvalue weighted by Crippen LogP contribution is -2.30. The van der Waals surface area contributed by atoms with Gasteiger partial charge in [0.2, 0.25) is 10.0 Å². The fraction of sp³-hybridized carbons (Fsp3) is 0.316. The normalized spacial score (nSPS) is 11.0.